The van der Waals surface area contributed by atoms with E-state index < -0.39 is 10.0 Å². The largest absolute Gasteiger partial charge is 0.381 e. The van der Waals surface area contributed by atoms with Gasteiger partial charge < -0.3 is 5.73 Å². The van der Waals surface area contributed by atoms with Gasteiger partial charge in [0.25, 0.3) is 0 Å². The highest BCUT2D eigenvalue weighted by molar-refractivity contribution is 7.89. The minimum Gasteiger partial charge on any atom is -0.381 e. The highest BCUT2D eigenvalue weighted by Crippen LogP contribution is 2.34. The van der Waals surface area contributed by atoms with Crippen LogP contribution in [0.2, 0.25) is 0 Å². The summed E-state index contributed by atoms with van der Waals surface area (Å²) in [7, 11) is -1.83. The lowest BCUT2D eigenvalue weighted by molar-refractivity contribution is 0.196. The standard InChI is InChI=1S/C12H22N4O2S/c1-9-10(11(13)14-15(9)4)19(17,18)16-7-5-12(2,3)6-8-16/h5-8H2,1-4H3,(H2,13,14). The second kappa shape index (κ2) is 4.49. The van der Waals surface area contributed by atoms with Gasteiger partial charge >= 0.3 is 0 Å². The van der Waals surface area contributed by atoms with Crippen LogP contribution in [0.3, 0.4) is 0 Å². The van der Waals surface area contributed by atoms with Crippen molar-refractivity contribution >= 4 is 15.8 Å². The number of anilines is 1. The molecular formula is C12H22N4O2S. The Morgan fingerprint density at radius 2 is 1.79 bits per heavy atom. The first-order chi connectivity index (χ1) is 8.65. The first kappa shape index (κ1) is 14.3. The lowest BCUT2D eigenvalue weighted by Crippen LogP contribution is -2.41. The molecule has 2 N–H and O–H groups in total. The van der Waals surface area contributed by atoms with Crippen LogP contribution in [0.15, 0.2) is 4.90 Å². The van der Waals surface area contributed by atoms with E-state index in [1.807, 2.05) is 0 Å². The highest BCUT2D eigenvalue weighted by Gasteiger charge is 2.35. The third kappa shape index (κ3) is 2.49. The SMILES string of the molecule is Cc1c(S(=O)(=O)N2CCC(C)(C)CC2)c(N)nn1C. The topological polar surface area (TPSA) is 81.2 Å². The number of rotatable bonds is 2. The Kier molecular flexibility index (Phi) is 3.38. The molecule has 1 saturated heterocycles. The van der Waals surface area contributed by atoms with Crippen LogP contribution in [0.1, 0.15) is 32.4 Å². The average Bonchev–Trinajstić information content (AvgIpc) is 2.52. The third-order valence-electron chi connectivity index (χ3n) is 3.98. The van der Waals surface area contributed by atoms with Gasteiger partial charge in [-0.1, -0.05) is 13.8 Å². The summed E-state index contributed by atoms with van der Waals surface area (Å²) in [4.78, 5) is 0.162. The molecule has 0 aromatic carbocycles. The molecule has 0 aliphatic carbocycles. The molecule has 1 aromatic rings. The van der Waals surface area contributed by atoms with Crippen LogP contribution >= 0.6 is 0 Å². The van der Waals surface area contributed by atoms with E-state index in [2.05, 4.69) is 18.9 Å². The monoisotopic (exact) mass is 286 g/mol. The molecule has 0 bridgehead atoms. The molecule has 7 heteroatoms. The Labute approximate surface area is 114 Å². The molecule has 1 aliphatic rings. The number of hydrogen-bond acceptors (Lipinski definition) is 4. The molecule has 0 amide bonds. The van der Waals surface area contributed by atoms with Gasteiger partial charge in [0, 0.05) is 20.1 Å². The second-order valence-electron chi connectivity index (χ2n) is 5.99. The molecule has 0 radical (unpaired) electrons. The van der Waals surface area contributed by atoms with E-state index in [1.54, 1.807) is 14.0 Å². The van der Waals surface area contributed by atoms with E-state index in [9.17, 15) is 8.42 Å². The summed E-state index contributed by atoms with van der Waals surface area (Å²) in [6.07, 6.45) is 1.73. The van der Waals surface area contributed by atoms with E-state index in [4.69, 9.17) is 5.73 Å². The molecule has 1 aliphatic heterocycles. The van der Waals surface area contributed by atoms with Crippen LogP contribution in [0.25, 0.3) is 0 Å². The summed E-state index contributed by atoms with van der Waals surface area (Å²) in [5.74, 6) is 0.0878. The van der Waals surface area contributed by atoms with Gasteiger partial charge in [0.1, 0.15) is 4.90 Å². The van der Waals surface area contributed by atoms with Crippen LogP contribution in [-0.2, 0) is 17.1 Å². The predicted octanol–water partition coefficient (Wildman–Crippen LogP) is 1.12. The first-order valence-electron chi connectivity index (χ1n) is 6.44. The highest BCUT2D eigenvalue weighted by atomic mass is 32.2. The van der Waals surface area contributed by atoms with Crippen molar-refractivity contribution in [3.05, 3.63) is 5.69 Å². The molecule has 0 atom stereocenters. The fourth-order valence-electron chi connectivity index (χ4n) is 2.39. The molecule has 19 heavy (non-hydrogen) atoms. The van der Waals surface area contributed by atoms with Crippen molar-refractivity contribution in [3.8, 4) is 0 Å². The summed E-state index contributed by atoms with van der Waals surface area (Å²) in [6, 6.07) is 0. The lowest BCUT2D eigenvalue weighted by Gasteiger charge is -2.36. The number of sulfonamides is 1. The zero-order valence-corrected chi connectivity index (χ0v) is 12.8. The fraction of sp³-hybridized carbons (Fsp3) is 0.750. The summed E-state index contributed by atoms with van der Waals surface area (Å²) < 4.78 is 28.3. The molecule has 1 fully saturated rings. The molecule has 1 aromatic heterocycles. The maximum Gasteiger partial charge on any atom is 0.248 e. The molecule has 108 valence electrons. The summed E-state index contributed by atoms with van der Waals surface area (Å²) in [6.45, 7) is 7.15. The van der Waals surface area contributed by atoms with Gasteiger partial charge in [-0.15, -0.1) is 0 Å². The predicted molar refractivity (Wildman–Crippen MR) is 74.1 cm³/mol. The van der Waals surface area contributed by atoms with Crippen molar-refractivity contribution in [2.45, 2.75) is 38.5 Å². The number of nitrogens with two attached hydrogens (primary N) is 1. The zero-order chi connectivity index (χ0) is 14.4. The summed E-state index contributed by atoms with van der Waals surface area (Å²) in [5.41, 5.74) is 6.55. The van der Waals surface area contributed by atoms with Crippen molar-refractivity contribution in [1.29, 1.82) is 0 Å². The first-order valence-corrected chi connectivity index (χ1v) is 7.88. The quantitative estimate of drug-likeness (QED) is 0.883. The van der Waals surface area contributed by atoms with Gasteiger partial charge in [-0.3, -0.25) is 4.68 Å². The maximum absolute atomic E-state index is 12.6. The van der Waals surface area contributed by atoms with Crippen LogP contribution in [0.5, 0.6) is 0 Å². The van der Waals surface area contributed by atoms with Gasteiger partial charge in [0.2, 0.25) is 10.0 Å². The van der Waals surface area contributed by atoms with Crippen LogP contribution in [0.4, 0.5) is 5.82 Å². The van der Waals surface area contributed by atoms with Gasteiger partial charge in [-0.25, -0.2) is 8.42 Å². The van der Waals surface area contributed by atoms with E-state index in [-0.39, 0.29) is 16.1 Å². The molecule has 0 saturated carbocycles. The second-order valence-corrected chi connectivity index (χ2v) is 7.87. The van der Waals surface area contributed by atoms with Crippen LogP contribution in [-0.4, -0.2) is 35.6 Å². The van der Waals surface area contributed by atoms with E-state index >= 15 is 0 Å². The Morgan fingerprint density at radius 1 is 1.26 bits per heavy atom. The number of nitrogens with zero attached hydrogens (tertiary/aromatic N) is 3. The smallest absolute Gasteiger partial charge is 0.248 e. The van der Waals surface area contributed by atoms with Gasteiger partial charge in [0.15, 0.2) is 5.82 Å². The van der Waals surface area contributed by atoms with Crippen molar-refractivity contribution < 1.29 is 8.42 Å². The van der Waals surface area contributed by atoms with Crippen LogP contribution in [0, 0.1) is 12.3 Å². The van der Waals surface area contributed by atoms with Crippen molar-refractivity contribution in [3.63, 3.8) is 0 Å². The Hall–Kier alpha value is -1.08. The van der Waals surface area contributed by atoms with E-state index in [1.165, 1.54) is 8.99 Å². The van der Waals surface area contributed by atoms with Crippen molar-refractivity contribution in [2.24, 2.45) is 12.5 Å². The van der Waals surface area contributed by atoms with Crippen molar-refractivity contribution in [2.75, 3.05) is 18.8 Å². The minimum atomic E-state index is -3.53. The zero-order valence-electron chi connectivity index (χ0n) is 12.0. The fourth-order valence-corrected chi connectivity index (χ4v) is 4.13. The van der Waals surface area contributed by atoms with Gasteiger partial charge in [-0.2, -0.15) is 9.40 Å². The van der Waals surface area contributed by atoms with Gasteiger partial charge in [-0.05, 0) is 25.2 Å². The van der Waals surface area contributed by atoms with E-state index in [0.717, 1.165) is 12.8 Å². The van der Waals surface area contributed by atoms with E-state index in [0.29, 0.717) is 18.8 Å². The summed E-state index contributed by atoms with van der Waals surface area (Å²) in [5, 5.41) is 3.99. The lowest BCUT2D eigenvalue weighted by atomic mass is 9.83. The maximum atomic E-state index is 12.6. The third-order valence-corrected chi connectivity index (χ3v) is 6.04. The Balaban J connectivity index is 2.34. The molecule has 0 unspecified atom stereocenters. The molecule has 0 spiro atoms. The molecule has 6 nitrogen and oxygen atoms in total. The number of piperidine rings is 1. The average molecular weight is 286 g/mol. The normalized spacial score (nSPS) is 20.6. The Bertz CT molecular complexity index is 579. The van der Waals surface area contributed by atoms with Gasteiger partial charge in [0.05, 0.1) is 5.69 Å². The molecular weight excluding hydrogens is 264 g/mol. The number of nitrogen functional groups attached to an aromatic ring is 1. The van der Waals surface area contributed by atoms with Crippen LogP contribution < -0.4 is 5.73 Å². The number of hydrogen-bond donors (Lipinski definition) is 1. The number of aryl methyl sites for hydroxylation is 1. The summed E-state index contributed by atoms with van der Waals surface area (Å²) >= 11 is 0. The Morgan fingerprint density at radius 3 is 2.21 bits per heavy atom. The van der Waals surface area contributed by atoms with Crippen molar-refractivity contribution in [1.82, 2.24) is 14.1 Å². The molecule has 2 rings (SSSR count). The number of aromatic nitrogens is 2. The molecule has 2 heterocycles. The minimum absolute atomic E-state index is 0.0878.